The Balaban J connectivity index is 0.00000208. The zero-order valence-corrected chi connectivity index (χ0v) is 14.9. The second-order valence-corrected chi connectivity index (χ2v) is 6.67. The van der Waals surface area contributed by atoms with Crippen LogP contribution in [0.2, 0.25) is 0 Å². The van der Waals surface area contributed by atoms with Crippen molar-refractivity contribution in [2.24, 2.45) is 11.7 Å². The Morgan fingerprint density at radius 2 is 1.79 bits per heavy atom. The van der Waals surface area contributed by atoms with Gasteiger partial charge < -0.3 is 11.1 Å². The van der Waals surface area contributed by atoms with E-state index in [-0.39, 0.29) is 24.4 Å². The lowest BCUT2D eigenvalue weighted by molar-refractivity contribution is -0.121. The maximum absolute atomic E-state index is 12.4. The van der Waals surface area contributed by atoms with E-state index in [4.69, 9.17) is 5.73 Å². The van der Waals surface area contributed by atoms with Crippen LogP contribution in [0.4, 0.5) is 0 Å². The van der Waals surface area contributed by atoms with Crippen LogP contribution in [-0.2, 0) is 11.2 Å². The smallest absolute Gasteiger partial charge is 0.224 e. The van der Waals surface area contributed by atoms with Crippen molar-refractivity contribution in [1.82, 2.24) is 5.32 Å². The lowest BCUT2D eigenvalue weighted by Crippen LogP contribution is -2.46. The summed E-state index contributed by atoms with van der Waals surface area (Å²) in [6.07, 6.45) is 6.66. The van der Waals surface area contributed by atoms with Crippen molar-refractivity contribution in [1.29, 1.82) is 0 Å². The average molecular weight is 347 g/mol. The third-order valence-electron chi connectivity index (χ3n) is 5.00. The highest BCUT2D eigenvalue weighted by atomic mass is 35.5. The summed E-state index contributed by atoms with van der Waals surface area (Å²) in [7, 11) is 0. The van der Waals surface area contributed by atoms with Crippen LogP contribution in [0.1, 0.15) is 37.7 Å². The monoisotopic (exact) mass is 346 g/mol. The molecular weight excluding hydrogens is 320 g/mol. The van der Waals surface area contributed by atoms with Gasteiger partial charge in [0.15, 0.2) is 0 Å². The minimum atomic E-state index is 0. The highest BCUT2D eigenvalue weighted by molar-refractivity contribution is 5.86. The van der Waals surface area contributed by atoms with Gasteiger partial charge >= 0.3 is 0 Å². The molecule has 1 aliphatic rings. The number of amides is 1. The molecule has 0 unspecified atom stereocenters. The standard InChI is InChI=1S/C20H26N2O.ClH/c21-14-19(17-7-2-1-3-8-17)22-20(23)13-15-10-11-16-6-4-5-9-18(16)12-15;/h4-6,9-12,17,19H,1-3,7-8,13-14,21H2,(H,22,23);1H/t19-;/m0./s1. The molecule has 3 rings (SSSR count). The predicted octanol–water partition coefficient (Wildman–Crippen LogP) is 3.83. The normalized spacial score (nSPS) is 16.4. The van der Waals surface area contributed by atoms with Crippen molar-refractivity contribution in [2.75, 3.05) is 6.54 Å². The molecular formula is C20H27ClN2O. The van der Waals surface area contributed by atoms with Gasteiger partial charge in [-0.15, -0.1) is 12.4 Å². The SMILES string of the molecule is Cl.NC[C@H](NC(=O)Cc1ccc2ccccc2c1)C1CCCCC1. The number of carbonyl (C=O) groups excluding carboxylic acids is 1. The van der Waals surface area contributed by atoms with E-state index in [1.165, 1.54) is 42.9 Å². The average Bonchev–Trinajstić information content (AvgIpc) is 2.60. The van der Waals surface area contributed by atoms with Crippen LogP contribution in [0, 0.1) is 5.92 Å². The van der Waals surface area contributed by atoms with E-state index < -0.39 is 0 Å². The van der Waals surface area contributed by atoms with E-state index >= 15 is 0 Å². The van der Waals surface area contributed by atoms with Crippen LogP contribution in [0.25, 0.3) is 10.8 Å². The number of rotatable bonds is 5. The molecule has 1 aliphatic carbocycles. The largest absolute Gasteiger partial charge is 0.352 e. The predicted molar refractivity (Wildman–Crippen MR) is 102 cm³/mol. The van der Waals surface area contributed by atoms with Crippen LogP contribution < -0.4 is 11.1 Å². The maximum atomic E-state index is 12.4. The van der Waals surface area contributed by atoms with E-state index in [0.29, 0.717) is 18.9 Å². The number of hydrogen-bond donors (Lipinski definition) is 2. The molecule has 1 atom stereocenters. The van der Waals surface area contributed by atoms with Gasteiger partial charge in [0.25, 0.3) is 0 Å². The third kappa shape index (κ3) is 4.71. The van der Waals surface area contributed by atoms with Gasteiger partial charge in [-0.1, -0.05) is 61.7 Å². The number of nitrogens with one attached hydrogen (secondary N) is 1. The molecule has 24 heavy (non-hydrogen) atoms. The lowest BCUT2D eigenvalue weighted by Gasteiger charge is -2.30. The first kappa shape index (κ1) is 18.8. The third-order valence-corrected chi connectivity index (χ3v) is 5.00. The van der Waals surface area contributed by atoms with Crippen LogP contribution in [0.3, 0.4) is 0 Å². The summed E-state index contributed by atoms with van der Waals surface area (Å²) < 4.78 is 0. The minimum Gasteiger partial charge on any atom is -0.352 e. The second kappa shape index (κ2) is 9.05. The fourth-order valence-electron chi connectivity index (χ4n) is 3.70. The van der Waals surface area contributed by atoms with E-state index in [1.54, 1.807) is 0 Å². The first-order chi connectivity index (χ1) is 11.3. The number of nitrogens with two attached hydrogens (primary N) is 1. The minimum absolute atomic E-state index is 0. The molecule has 2 aromatic carbocycles. The molecule has 1 amide bonds. The van der Waals surface area contributed by atoms with Gasteiger partial charge in [-0.25, -0.2) is 0 Å². The summed E-state index contributed by atoms with van der Waals surface area (Å²) in [5.41, 5.74) is 6.96. The van der Waals surface area contributed by atoms with Crippen LogP contribution >= 0.6 is 12.4 Å². The van der Waals surface area contributed by atoms with Gasteiger partial charge in [0.2, 0.25) is 5.91 Å². The van der Waals surface area contributed by atoms with Gasteiger partial charge in [0, 0.05) is 12.6 Å². The summed E-state index contributed by atoms with van der Waals surface area (Å²) in [6, 6.07) is 14.6. The van der Waals surface area contributed by atoms with Crippen molar-refractivity contribution in [2.45, 2.75) is 44.6 Å². The Morgan fingerprint density at radius 1 is 1.08 bits per heavy atom. The summed E-state index contributed by atoms with van der Waals surface area (Å²) >= 11 is 0. The molecule has 130 valence electrons. The number of fused-ring (bicyclic) bond motifs is 1. The van der Waals surface area contributed by atoms with Gasteiger partial charge in [-0.2, -0.15) is 0 Å². The molecule has 1 saturated carbocycles. The van der Waals surface area contributed by atoms with Crippen molar-refractivity contribution in [3.8, 4) is 0 Å². The Hall–Kier alpha value is -1.58. The Labute approximate surface area is 150 Å². The first-order valence-electron chi connectivity index (χ1n) is 8.73. The van der Waals surface area contributed by atoms with E-state index in [0.717, 1.165) is 5.56 Å². The molecule has 0 heterocycles. The van der Waals surface area contributed by atoms with Gasteiger partial charge in [0.1, 0.15) is 0 Å². The number of benzene rings is 2. The zero-order valence-electron chi connectivity index (χ0n) is 14.0. The van der Waals surface area contributed by atoms with Crippen molar-refractivity contribution in [3.05, 3.63) is 48.0 Å². The van der Waals surface area contributed by atoms with Crippen LogP contribution in [0.5, 0.6) is 0 Å². The van der Waals surface area contributed by atoms with Crippen molar-refractivity contribution >= 4 is 29.1 Å². The Morgan fingerprint density at radius 3 is 2.50 bits per heavy atom. The molecule has 3 N–H and O–H groups in total. The summed E-state index contributed by atoms with van der Waals surface area (Å²) in [6.45, 7) is 0.536. The molecule has 0 bridgehead atoms. The fourth-order valence-corrected chi connectivity index (χ4v) is 3.70. The van der Waals surface area contributed by atoms with Gasteiger partial charge in [0.05, 0.1) is 6.42 Å². The summed E-state index contributed by atoms with van der Waals surface area (Å²) in [5.74, 6) is 0.635. The number of hydrogen-bond acceptors (Lipinski definition) is 2. The maximum Gasteiger partial charge on any atom is 0.224 e. The van der Waals surface area contributed by atoms with Crippen molar-refractivity contribution in [3.63, 3.8) is 0 Å². The quantitative estimate of drug-likeness (QED) is 0.864. The van der Waals surface area contributed by atoms with Gasteiger partial charge in [-0.05, 0) is 35.1 Å². The van der Waals surface area contributed by atoms with Gasteiger partial charge in [-0.3, -0.25) is 4.79 Å². The fraction of sp³-hybridized carbons (Fsp3) is 0.450. The zero-order chi connectivity index (χ0) is 16.1. The molecule has 4 heteroatoms. The molecule has 3 nitrogen and oxygen atoms in total. The summed E-state index contributed by atoms with van der Waals surface area (Å²) in [5, 5.41) is 5.56. The number of carbonyl (C=O) groups is 1. The second-order valence-electron chi connectivity index (χ2n) is 6.67. The van der Waals surface area contributed by atoms with Crippen molar-refractivity contribution < 1.29 is 4.79 Å². The molecule has 2 aromatic rings. The molecule has 1 fully saturated rings. The number of halogens is 1. The van der Waals surface area contributed by atoms with Crippen LogP contribution in [-0.4, -0.2) is 18.5 Å². The Kier molecular flexibility index (Phi) is 7.07. The van der Waals surface area contributed by atoms with Crippen LogP contribution in [0.15, 0.2) is 42.5 Å². The molecule has 0 aliphatic heterocycles. The lowest BCUT2D eigenvalue weighted by atomic mass is 9.84. The highest BCUT2D eigenvalue weighted by Gasteiger charge is 2.23. The van der Waals surface area contributed by atoms with E-state index in [2.05, 4.69) is 29.6 Å². The highest BCUT2D eigenvalue weighted by Crippen LogP contribution is 2.26. The topological polar surface area (TPSA) is 55.1 Å². The molecule has 0 radical (unpaired) electrons. The first-order valence-corrected chi connectivity index (χ1v) is 8.73. The molecule has 0 spiro atoms. The van der Waals surface area contributed by atoms with E-state index in [1.807, 2.05) is 18.2 Å². The Bertz CT molecular complexity index is 667. The summed E-state index contributed by atoms with van der Waals surface area (Å²) in [4.78, 5) is 12.4. The van der Waals surface area contributed by atoms with E-state index in [9.17, 15) is 4.79 Å². The molecule has 0 aromatic heterocycles. The molecule has 0 saturated heterocycles.